The SMILES string of the molecule is CCC(CC)C(=O)/C=C(\O)C(CC)CC.Cc1[c-]c(-c2cc3c(ccc4[se]c(CC(C)(C)C)cc43)cn2)cc(C)c1.[Ir]. The van der Waals surface area contributed by atoms with Crippen molar-refractivity contribution < 1.29 is 30.0 Å². The van der Waals surface area contributed by atoms with Crippen LogP contribution in [-0.2, 0) is 31.3 Å². The monoisotopic (exact) mass is 811 g/mol. The summed E-state index contributed by atoms with van der Waals surface area (Å²) < 4.78 is 3.11. The number of pyridine rings is 1. The molecule has 229 valence electrons. The molecule has 0 aliphatic rings. The third-order valence-corrected chi connectivity index (χ3v) is 9.97. The second kappa shape index (κ2) is 16.2. The zero-order chi connectivity index (χ0) is 30.3. The number of carbonyl (C=O) groups excluding carboxylic acids is 1. The molecule has 0 saturated carbocycles. The molecule has 1 N–H and O–H groups in total. The van der Waals surface area contributed by atoms with Crippen LogP contribution in [0.25, 0.3) is 31.7 Å². The number of nitrogens with zero attached hydrogens (tertiary/aromatic N) is 1. The standard InChI is InChI=1S/C24H24NSe.C13H24O2.Ir/c1-15-8-16(2)10-18(9-15)22-12-20-17(14-25-22)6-7-23-21(20)11-19(26-23)13-24(3,4)5;1-5-10(6-2)12(14)9-13(15)11(7-3)8-4;/h6-9,11-12,14H,13H2,1-5H3;9-11,14H,5-8H2,1-4H3;/q-1;;/b;12-9-;. The topological polar surface area (TPSA) is 50.2 Å². The van der Waals surface area contributed by atoms with E-state index in [4.69, 9.17) is 4.98 Å². The number of rotatable bonds is 9. The Kier molecular flexibility index (Phi) is 13.9. The summed E-state index contributed by atoms with van der Waals surface area (Å²) in [7, 11) is 0. The molecule has 0 amide bonds. The number of hydrogen-bond acceptors (Lipinski definition) is 3. The van der Waals surface area contributed by atoms with E-state index in [-0.39, 0.29) is 43.5 Å². The minimum atomic E-state index is 0. The molecule has 0 spiro atoms. The van der Waals surface area contributed by atoms with Gasteiger partial charge in [0.2, 0.25) is 0 Å². The molecule has 0 aliphatic carbocycles. The van der Waals surface area contributed by atoms with E-state index in [1.54, 1.807) is 4.44 Å². The van der Waals surface area contributed by atoms with Crippen LogP contribution in [0, 0.1) is 37.2 Å². The van der Waals surface area contributed by atoms with Gasteiger partial charge in [-0.1, -0.05) is 27.7 Å². The second-order valence-electron chi connectivity index (χ2n) is 12.5. The van der Waals surface area contributed by atoms with Crippen molar-refractivity contribution >= 4 is 40.7 Å². The van der Waals surface area contributed by atoms with Crippen LogP contribution >= 0.6 is 0 Å². The number of allylic oxidation sites excluding steroid dienone is 2. The third-order valence-electron chi connectivity index (χ3n) is 7.66. The first-order chi connectivity index (χ1) is 19.4. The van der Waals surface area contributed by atoms with E-state index >= 15 is 0 Å². The summed E-state index contributed by atoms with van der Waals surface area (Å²) in [6, 6.07) is 17.0. The van der Waals surface area contributed by atoms with E-state index in [0.29, 0.717) is 19.9 Å². The Morgan fingerprint density at radius 2 is 1.60 bits per heavy atom. The number of aliphatic hydroxyl groups is 1. The minimum Gasteiger partial charge on any atom is 0 e. The van der Waals surface area contributed by atoms with Crippen LogP contribution in [0.4, 0.5) is 0 Å². The van der Waals surface area contributed by atoms with Gasteiger partial charge in [-0.3, -0.25) is 4.79 Å². The fourth-order valence-corrected chi connectivity index (χ4v) is 8.25. The van der Waals surface area contributed by atoms with Crippen LogP contribution in [0.1, 0.15) is 89.7 Å². The molecule has 42 heavy (non-hydrogen) atoms. The molecule has 5 heteroatoms. The van der Waals surface area contributed by atoms with E-state index < -0.39 is 0 Å². The number of aryl methyl sites for hydroxylation is 2. The van der Waals surface area contributed by atoms with Gasteiger partial charge < -0.3 is 5.11 Å². The van der Waals surface area contributed by atoms with Gasteiger partial charge in [0.05, 0.1) is 5.76 Å². The Balaban J connectivity index is 0.000000334. The summed E-state index contributed by atoms with van der Waals surface area (Å²) in [6.45, 7) is 19.3. The molecule has 0 atom stereocenters. The molecule has 4 rings (SSSR count). The molecule has 3 nitrogen and oxygen atoms in total. The molecule has 2 heterocycles. The fourth-order valence-electron chi connectivity index (χ4n) is 5.36. The van der Waals surface area contributed by atoms with Crippen LogP contribution in [-0.4, -0.2) is 30.4 Å². The number of hydrogen-bond donors (Lipinski definition) is 1. The molecule has 2 aromatic heterocycles. The van der Waals surface area contributed by atoms with Gasteiger partial charge in [0.1, 0.15) is 0 Å². The number of carbonyl (C=O) groups is 1. The first kappa shape index (κ1) is 36.2. The number of aromatic nitrogens is 1. The van der Waals surface area contributed by atoms with Gasteiger partial charge in [0.15, 0.2) is 5.78 Å². The molecule has 4 aromatic rings. The average Bonchev–Trinajstić information content (AvgIpc) is 3.31. The Labute approximate surface area is 273 Å². The summed E-state index contributed by atoms with van der Waals surface area (Å²) in [6.07, 6.45) is 8.09. The molecule has 0 saturated heterocycles. The molecule has 1 radical (unpaired) electrons. The van der Waals surface area contributed by atoms with Crippen molar-refractivity contribution in [1.82, 2.24) is 4.98 Å². The Hall–Kier alpha value is -2.03. The Morgan fingerprint density at radius 1 is 0.952 bits per heavy atom. The maximum Gasteiger partial charge on any atom is 0 e. The first-order valence-electron chi connectivity index (χ1n) is 15.1. The first-order valence-corrected chi connectivity index (χ1v) is 16.9. The smallest absolute Gasteiger partial charge is 0 e. The molecular formula is C37H48IrNO2Se-. The van der Waals surface area contributed by atoms with Crippen LogP contribution in [0.15, 0.2) is 54.4 Å². The number of benzene rings is 2. The molecule has 0 bridgehead atoms. The van der Waals surface area contributed by atoms with Crippen molar-refractivity contribution in [1.29, 1.82) is 0 Å². The van der Waals surface area contributed by atoms with E-state index in [0.717, 1.165) is 42.5 Å². The van der Waals surface area contributed by atoms with E-state index in [1.807, 2.05) is 33.9 Å². The van der Waals surface area contributed by atoms with Gasteiger partial charge in [-0.05, 0) is 25.7 Å². The maximum atomic E-state index is 11.7. The fraction of sp³-hybridized carbons (Fsp3) is 0.459. The Bertz CT molecular complexity index is 1480. The predicted octanol–water partition coefficient (Wildman–Crippen LogP) is 9.98. The van der Waals surface area contributed by atoms with Crippen LogP contribution in [0.3, 0.4) is 0 Å². The van der Waals surface area contributed by atoms with Crippen LogP contribution in [0.2, 0.25) is 0 Å². The van der Waals surface area contributed by atoms with Crippen molar-refractivity contribution in [3.05, 3.63) is 76.1 Å². The number of aliphatic hydroxyl groups excluding tert-OH is 1. The van der Waals surface area contributed by atoms with Gasteiger partial charge in [-0.2, -0.15) is 0 Å². The quantitative estimate of drug-likeness (QED) is 0.0793. The van der Waals surface area contributed by atoms with Gasteiger partial charge in [-0.15, -0.1) is 0 Å². The summed E-state index contributed by atoms with van der Waals surface area (Å²) in [5, 5.41) is 13.7. The van der Waals surface area contributed by atoms with Crippen LogP contribution < -0.4 is 0 Å². The van der Waals surface area contributed by atoms with E-state index in [1.165, 1.54) is 38.5 Å². The van der Waals surface area contributed by atoms with Crippen molar-refractivity contribution in [2.45, 2.75) is 94.4 Å². The third kappa shape index (κ3) is 9.75. The molecule has 0 aliphatic heterocycles. The van der Waals surface area contributed by atoms with E-state index in [2.05, 4.69) is 77.1 Å². The van der Waals surface area contributed by atoms with Gasteiger partial charge in [0, 0.05) is 38.0 Å². The number of fused-ring (bicyclic) bond motifs is 3. The summed E-state index contributed by atoms with van der Waals surface area (Å²) >= 11 is 0.451. The Morgan fingerprint density at radius 3 is 2.17 bits per heavy atom. The average molecular weight is 810 g/mol. The zero-order valence-electron chi connectivity index (χ0n) is 26.9. The van der Waals surface area contributed by atoms with Crippen molar-refractivity contribution in [3.63, 3.8) is 0 Å². The van der Waals surface area contributed by atoms with Gasteiger partial charge >= 0.3 is 162 Å². The summed E-state index contributed by atoms with van der Waals surface area (Å²) in [5.74, 6) is 0.547. The zero-order valence-corrected chi connectivity index (χ0v) is 31.0. The van der Waals surface area contributed by atoms with Crippen molar-refractivity contribution in [3.8, 4) is 11.3 Å². The molecule has 0 fully saturated rings. The minimum absolute atomic E-state index is 0. The predicted molar refractivity (Wildman–Crippen MR) is 177 cm³/mol. The molecule has 0 unspecified atom stereocenters. The molecule has 2 aromatic carbocycles. The maximum absolute atomic E-state index is 11.7. The normalized spacial score (nSPS) is 12.0. The van der Waals surface area contributed by atoms with E-state index in [9.17, 15) is 9.90 Å². The summed E-state index contributed by atoms with van der Waals surface area (Å²) in [4.78, 5) is 16.4. The summed E-state index contributed by atoms with van der Waals surface area (Å²) in [5.41, 5.74) is 4.86. The second-order valence-corrected chi connectivity index (χ2v) is 14.9. The van der Waals surface area contributed by atoms with Crippen molar-refractivity contribution in [2.75, 3.05) is 0 Å². The largest absolute Gasteiger partial charge is 0 e. The van der Waals surface area contributed by atoms with Crippen LogP contribution in [0.5, 0.6) is 0 Å². The number of ketones is 1. The van der Waals surface area contributed by atoms with Gasteiger partial charge in [0.25, 0.3) is 0 Å². The molecular weight excluding hydrogens is 762 g/mol. The van der Waals surface area contributed by atoms with Gasteiger partial charge in [-0.25, -0.2) is 0 Å². The van der Waals surface area contributed by atoms with Crippen molar-refractivity contribution in [2.24, 2.45) is 17.3 Å².